The van der Waals surface area contributed by atoms with Crippen molar-refractivity contribution in [1.29, 1.82) is 0 Å². The van der Waals surface area contributed by atoms with Crippen LogP contribution in [0.2, 0.25) is 0 Å². The van der Waals surface area contributed by atoms with E-state index in [-0.39, 0.29) is 17.4 Å². The zero-order chi connectivity index (χ0) is 19.9. The van der Waals surface area contributed by atoms with Gasteiger partial charge in [0.05, 0.1) is 25.9 Å². The van der Waals surface area contributed by atoms with E-state index in [0.717, 1.165) is 24.5 Å². The quantitative estimate of drug-likeness (QED) is 0.561. The van der Waals surface area contributed by atoms with E-state index in [1.54, 1.807) is 0 Å². The molecule has 2 rings (SSSR count). The first kappa shape index (κ1) is 21.0. The van der Waals surface area contributed by atoms with Crippen molar-refractivity contribution in [1.82, 2.24) is 5.32 Å². The van der Waals surface area contributed by atoms with Gasteiger partial charge in [0.1, 0.15) is 0 Å². The van der Waals surface area contributed by atoms with Gasteiger partial charge in [0.25, 0.3) is 5.91 Å². The Bertz CT molecular complexity index is 649. The van der Waals surface area contributed by atoms with Gasteiger partial charge in [-0.2, -0.15) is 0 Å². The highest BCUT2D eigenvalue weighted by Gasteiger charge is 2.20. The second kappa shape index (κ2) is 9.60. The first-order valence-electron chi connectivity index (χ1n) is 9.40. The number of carbonyl (C=O) groups excluding carboxylic acids is 2. The van der Waals surface area contributed by atoms with Gasteiger partial charge < -0.3 is 25.0 Å². The molecule has 1 heterocycles. The van der Waals surface area contributed by atoms with E-state index in [2.05, 4.69) is 20.3 Å². The minimum atomic E-state index is -0.325. The number of nitrogens with zero attached hydrogens (tertiary/aromatic N) is 1. The predicted molar refractivity (Wildman–Crippen MR) is 106 cm³/mol. The molecule has 1 aromatic rings. The van der Waals surface area contributed by atoms with Crippen molar-refractivity contribution >= 4 is 23.3 Å². The minimum absolute atomic E-state index is 0.118. The number of morpholine rings is 1. The van der Waals surface area contributed by atoms with Crippen LogP contribution in [0.5, 0.6) is 0 Å². The number of hydrogen-bond donors (Lipinski definition) is 2. The zero-order valence-corrected chi connectivity index (χ0v) is 16.8. The number of ether oxygens (including phenoxy) is 2. The molecule has 7 nitrogen and oxygen atoms in total. The molecule has 27 heavy (non-hydrogen) atoms. The SMILES string of the molecule is COC(=O)CCCNc1ccc(N2CCOCC2)cc1C(=O)NC(C)(C)C. The van der Waals surface area contributed by atoms with Gasteiger partial charge in [-0.3, -0.25) is 9.59 Å². The van der Waals surface area contributed by atoms with Crippen LogP contribution in [0, 0.1) is 0 Å². The summed E-state index contributed by atoms with van der Waals surface area (Å²) < 4.78 is 10.1. The van der Waals surface area contributed by atoms with Crippen LogP contribution in [0.25, 0.3) is 0 Å². The second-order valence-corrected chi connectivity index (χ2v) is 7.64. The number of benzene rings is 1. The predicted octanol–water partition coefficient (Wildman–Crippen LogP) is 2.42. The zero-order valence-electron chi connectivity index (χ0n) is 16.8. The van der Waals surface area contributed by atoms with Crippen LogP contribution in [0.15, 0.2) is 18.2 Å². The summed E-state index contributed by atoms with van der Waals surface area (Å²) >= 11 is 0. The third kappa shape index (κ3) is 6.75. The molecule has 7 heteroatoms. The van der Waals surface area contributed by atoms with Crippen molar-refractivity contribution < 1.29 is 19.1 Å². The first-order chi connectivity index (χ1) is 12.8. The van der Waals surface area contributed by atoms with Crippen LogP contribution in [0.3, 0.4) is 0 Å². The summed E-state index contributed by atoms with van der Waals surface area (Å²) in [7, 11) is 1.38. The molecule has 0 saturated carbocycles. The minimum Gasteiger partial charge on any atom is -0.469 e. The number of carbonyl (C=O) groups is 2. The smallest absolute Gasteiger partial charge is 0.305 e. The Morgan fingerprint density at radius 2 is 1.93 bits per heavy atom. The maximum atomic E-state index is 12.8. The van der Waals surface area contributed by atoms with E-state index in [9.17, 15) is 9.59 Å². The van der Waals surface area contributed by atoms with Crippen LogP contribution in [0.1, 0.15) is 44.0 Å². The molecule has 0 bridgehead atoms. The average Bonchev–Trinajstić information content (AvgIpc) is 2.64. The van der Waals surface area contributed by atoms with Gasteiger partial charge in [0, 0.05) is 43.0 Å². The lowest BCUT2D eigenvalue weighted by Crippen LogP contribution is -2.41. The molecule has 1 amide bonds. The molecule has 150 valence electrons. The lowest BCUT2D eigenvalue weighted by Gasteiger charge is -2.30. The van der Waals surface area contributed by atoms with Crippen molar-refractivity contribution in [3.63, 3.8) is 0 Å². The summed E-state index contributed by atoms with van der Waals surface area (Å²) in [5, 5.41) is 6.31. The number of amides is 1. The Balaban J connectivity index is 2.15. The average molecular weight is 377 g/mol. The molecule has 0 unspecified atom stereocenters. The summed E-state index contributed by atoms with van der Waals surface area (Å²) in [6.45, 7) is 9.47. The maximum Gasteiger partial charge on any atom is 0.305 e. The summed E-state index contributed by atoms with van der Waals surface area (Å²) in [6, 6.07) is 5.87. The molecule has 0 aliphatic carbocycles. The molecule has 1 aliphatic heterocycles. The van der Waals surface area contributed by atoms with E-state index < -0.39 is 0 Å². The fraction of sp³-hybridized carbons (Fsp3) is 0.600. The van der Waals surface area contributed by atoms with Crippen LogP contribution < -0.4 is 15.5 Å². The van der Waals surface area contributed by atoms with E-state index >= 15 is 0 Å². The number of anilines is 2. The summed E-state index contributed by atoms with van der Waals surface area (Å²) in [6.07, 6.45) is 0.983. The molecule has 1 aromatic carbocycles. The van der Waals surface area contributed by atoms with Crippen molar-refractivity contribution in [2.75, 3.05) is 50.2 Å². The number of esters is 1. The summed E-state index contributed by atoms with van der Waals surface area (Å²) in [4.78, 5) is 26.3. The monoisotopic (exact) mass is 377 g/mol. The van der Waals surface area contributed by atoms with Crippen LogP contribution in [-0.2, 0) is 14.3 Å². The first-order valence-corrected chi connectivity index (χ1v) is 9.40. The topological polar surface area (TPSA) is 79.9 Å². The molecule has 2 N–H and O–H groups in total. The molecule has 1 saturated heterocycles. The molecule has 1 fully saturated rings. The van der Waals surface area contributed by atoms with Crippen LogP contribution in [0.4, 0.5) is 11.4 Å². The largest absolute Gasteiger partial charge is 0.469 e. The highest BCUT2D eigenvalue weighted by atomic mass is 16.5. The van der Waals surface area contributed by atoms with Gasteiger partial charge in [-0.1, -0.05) is 0 Å². The fourth-order valence-corrected chi connectivity index (χ4v) is 2.86. The molecular weight excluding hydrogens is 346 g/mol. The Morgan fingerprint density at radius 3 is 2.56 bits per heavy atom. The van der Waals surface area contributed by atoms with Gasteiger partial charge in [0.2, 0.25) is 0 Å². The van der Waals surface area contributed by atoms with Gasteiger partial charge in [0.15, 0.2) is 0 Å². The Labute approximate surface area is 161 Å². The lowest BCUT2D eigenvalue weighted by atomic mass is 10.1. The van der Waals surface area contributed by atoms with E-state index in [1.807, 2.05) is 39.0 Å². The highest BCUT2D eigenvalue weighted by molar-refractivity contribution is 6.01. The third-order valence-electron chi connectivity index (χ3n) is 4.21. The summed E-state index contributed by atoms with van der Waals surface area (Å²) in [5.41, 5.74) is 2.05. The van der Waals surface area contributed by atoms with Crippen molar-refractivity contribution in [2.45, 2.75) is 39.2 Å². The van der Waals surface area contributed by atoms with E-state index in [1.165, 1.54) is 7.11 Å². The van der Waals surface area contributed by atoms with Gasteiger partial charge in [-0.05, 0) is 45.4 Å². The standard InChI is InChI=1S/C20H31N3O4/c1-20(2,3)22-19(25)16-14-15(23-10-12-27-13-11-23)7-8-17(16)21-9-5-6-18(24)26-4/h7-8,14,21H,5-6,9-13H2,1-4H3,(H,22,25). The molecular formula is C20H31N3O4. The summed E-state index contributed by atoms with van der Waals surface area (Å²) in [5.74, 6) is -0.349. The Morgan fingerprint density at radius 1 is 1.22 bits per heavy atom. The number of nitrogens with one attached hydrogen (secondary N) is 2. The van der Waals surface area contributed by atoms with Crippen LogP contribution >= 0.6 is 0 Å². The Kier molecular flexibility index (Phi) is 7.47. The number of methoxy groups -OCH3 is 1. The molecule has 0 radical (unpaired) electrons. The van der Waals surface area contributed by atoms with Crippen molar-refractivity contribution in [3.8, 4) is 0 Å². The van der Waals surface area contributed by atoms with Crippen molar-refractivity contribution in [3.05, 3.63) is 23.8 Å². The van der Waals surface area contributed by atoms with E-state index in [4.69, 9.17) is 4.74 Å². The lowest BCUT2D eigenvalue weighted by molar-refractivity contribution is -0.140. The van der Waals surface area contributed by atoms with E-state index in [0.29, 0.717) is 38.2 Å². The highest BCUT2D eigenvalue weighted by Crippen LogP contribution is 2.25. The normalized spacial score (nSPS) is 14.6. The number of hydrogen-bond acceptors (Lipinski definition) is 6. The number of rotatable bonds is 7. The maximum absolute atomic E-state index is 12.8. The fourth-order valence-electron chi connectivity index (χ4n) is 2.86. The van der Waals surface area contributed by atoms with Gasteiger partial charge in [-0.25, -0.2) is 0 Å². The Hall–Kier alpha value is -2.28. The van der Waals surface area contributed by atoms with Crippen LogP contribution in [-0.4, -0.2) is 57.4 Å². The molecule has 0 spiro atoms. The van der Waals surface area contributed by atoms with Crippen molar-refractivity contribution in [2.24, 2.45) is 0 Å². The molecule has 0 aromatic heterocycles. The second-order valence-electron chi connectivity index (χ2n) is 7.64. The molecule has 1 aliphatic rings. The molecule has 0 atom stereocenters. The van der Waals surface area contributed by atoms with Gasteiger partial charge >= 0.3 is 5.97 Å². The van der Waals surface area contributed by atoms with Gasteiger partial charge in [-0.15, -0.1) is 0 Å². The third-order valence-corrected chi connectivity index (χ3v) is 4.21.